The monoisotopic (exact) mass is 389 g/mol. The fourth-order valence-electron chi connectivity index (χ4n) is 4.13. The van der Waals surface area contributed by atoms with E-state index < -0.39 is 11.9 Å². The third-order valence-corrected chi connectivity index (χ3v) is 5.46. The summed E-state index contributed by atoms with van der Waals surface area (Å²) in [5, 5.41) is 3.79. The molecule has 0 bridgehead atoms. The zero-order valence-corrected chi connectivity index (χ0v) is 16.6. The molecular formula is C24H23NO4. The van der Waals surface area contributed by atoms with Gasteiger partial charge in [-0.25, -0.2) is 9.59 Å². The average Bonchev–Trinajstić information content (AvgIpc) is 3.28. The van der Waals surface area contributed by atoms with Crippen LogP contribution in [0.15, 0.2) is 59.7 Å². The first-order chi connectivity index (χ1) is 14.2. The number of hydrogen-bond donors (Lipinski definition) is 0. The summed E-state index contributed by atoms with van der Waals surface area (Å²) in [6, 6.07) is 15.9. The first-order valence-corrected chi connectivity index (χ1v) is 9.72. The van der Waals surface area contributed by atoms with E-state index in [4.69, 9.17) is 9.47 Å². The highest BCUT2D eigenvalue weighted by Gasteiger charge is 2.30. The first kappa shape index (κ1) is 19.0. The molecule has 0 N–H and O–H groups in total. The van der Waals surface area contributed by atoms with Crippen molar-refractivity contribution < 1.29 is 19.1 Å². The summed E-state index contributed by atoms with van der Waals surface area (Å²) in [7, 11) is 2.66. The zero-order valence-electron chi connectivity index (χ0n) is 16.6. The summed E-state index contributed by atoms with van der Waals surface area (Å²) in [5.74, 6) is -1.10. The van der Waals surface area contributed by atoms with Crippen LogP contribution in [-0.4, -0.2) is 44.1 Å². The summed E-state index contributed by atoms with van der Waals surface area (Å²) in [5.41, 5.74) is 1.20. The Balaban J connectivity index is 2.30. The lowest BCUT2D eigenvalue weighted by Crippen LogP contribution is -2.32. The van der Waals surface area contributed by atoms with Gasteiger partial charge in [-0.2, -0.15) is 0 Å². The second-order valence-electron chi connectivity index (χ2n) is 7.09. The van der Waals surface area contributed by atoms with Crippen LogP contribution in [0.3, 0.4) is 0 Å². The van der Waals surface area contributed by atoms with Crippen LogP contribution in [0, 0.1) is 10.4 Å². The number of esters is 2. The molecule has 0 spiro atoms. The Bertz CT molecular complexity index is 1220. The van der Waals surface area contributed by atoms with Crippen molar-refractivity contribution in [3.63, 3.8) is 0 Å². The average molecular weight is 389 g/mol. The standard InChI is InChI=1S/C24H23NO4/c1-28-23(26)20-15-16-9-3-4-10-17(16)18-11-5-6-12-19(18)22(21(20)24(27)29-2)25-13-7-8-14-25/h3-6,9-12,15H,7-8,13-14H2,1-2H3. The van der Waals surface area contributed by atoms with Crippen molar-refractivity contribution in [2.75, 3.05) is 27.3 Å². The van der Waals surface area contributed by atoms with Crippen LogP contribution in [-0.2, 0) is 19.1 Å². The number of carbonyl (C=O) groups excluding carboxylic acids is 2. The Morgan fingerprint density at radius 3 is 2.03 bits per heavy atom. The van der Waals surface area contributed by atoms with E-state index in [9.17, 15) is 9.59 Å². The highest BCUT2D eigenvalue weighted by Crippen LogP contribution is 2.27. The highest BCUT2D eigenvalue weighted by molar-refractivity contribution is 6.13. The van der Waals surface area contributed by atoms with Gasteiger partial charge in [-0.3, -0.25) is 0 Å². The Labute approximate surface area is 168 Å². The van der Waals surface area contributed by atoms with Crippen molar-refractivity contribution in [2.45, 2.75) is 12.8 Å². The Hall–Kier alpha value is -3.34. The molecule has 2 aromatic carbocycles. The maximum Gasteiger partial charge on any atom is 0.340 e. The third kappa shape index (κ3) is 3.33. The first-order valence-electron chi connectivity index (χ1n) is 9.72. The number of carbonyl (C=O) groups is 2. The van der Waals surface area contributed by atoms with Gasteiger partial charge in [-0.15, -0.1) is 0 Å². The van der Waals surface area contributed by atoms with Gasteiger partial charge in [0.2, 0.25) is 0 Å². The van der Waals surface area contributed by atoms with Crippen molar-refractivity contribution in [3.8, 4) is 0 Å². The van der Waals surface area contributed by atoms with E-state index in [2.05, 4.69) is 11.0 Å². The number of likely N-dealkylation sites (tertiary alicyclic amines) is 1. The van der Waals surface area contributed by atoms with Crippen molar-refractivity contribution in [1.29, 1.82) is 0 Å². The SMILES string of the molecule is COC(=O)C1=C(C(=O)OC)C(N2CCCC2)=c2ccccc2=c2ccccc2=C1. The molecule has 0 radical (unpaired) electrons. The number of fused-ring (bicyclic) bond motifs is 2. The number of ether oxygens (including phenoxy) is 2. The molecule has 29 heavy (non-hydrogen) atoms. The van der Waals surface area contributed by atoms with Gasteiger partial charge in [0.05, 0.1) is 31.1 Å². The van der Waals surface area contributed by atoms with E-state index in [-0.39, 0.29) is 11.1 Å². The second kappa shape index (κ2) is 7.95. The molecule has 0 saturated carbocycles. The van der Waals surface area contributed by atoms with Crippen molar-refractivity contribution in [1.82, 2.24) is 4.90 Å². The van der Waals surface area contributed by atoms with Crippen LogP contribution < -0.4 is 10.4 Å². The minimum absolute atomic E-state index is 0.211. The lowest BCUT2D eigenvalue weighted by Gasteiger charge is -2.25. The summed E-state index contributed by atoms with van der Waals surface area (Å²) in [6.07, 6.45) is 3.81. The van der Waals surface area contributed by atoms with E-state index in [0.29, 0.717) is 0 Å². The Morgan fingerprint density at radius 1 is 0.793 bits per heavy atom. The molecule has 148 valence electrons. The quantitative estimate of drug-likeness (QED) is 0.747. The van der Waals surface area contributed by atoms with Crippen LogP contribution >= 0.6 is 0 Å². The van der Waals surface area contributed by atoms with E-state index in [1.54, 1.807) is 6.08 Å². The molecule has 0 amide bonds. The number of rotatable bonds is 3. The highest BCUT2D eigenvalue weighted by atomic mass is 16.5. The molecule has 5 nitrogen and oxygen atoms in total. The number of methoxy groups -OCH3 is 2. The number of hydrogen-bond acceptors (Lipinski definition) is 5. The molecule has 2 aliphatic rings. The smallest absolute Gasteiger partial charge is 0.340 e. The summed E-state index contributed by atoms with van der Waals surface area (Å²) in [6.45, 7) is 1.64. The molecular weight excluding hydrogens is 366 g/mol. The largest absolute Gasteiger partial charge is 0.465 e. The summed E-state index contributed by atoms with van der Waals surface area (Å²) < 4.78 is 10.2. The molecule has 5 heteroatoms. The van der Waals surface area contributed by atoms with Crippen LogP contribution in [0.5, 0.6) is 0 Å². The van der Waals surface area contributed by atoms with Gasteiger partial charge < -0.3 is 14.4 Å². The number of nitrogens with zero attached hydrogens (tertiary/aromatic N) is 1. The second-order valence-corrected chi connectivity index (χ2v) is 7.09. The molecule has 4 rings (SSSR count). The van der Waals surface area contributed by atoms with Crippen LogP contribution in [0.25, 0.3) is 11.8 Å². The van der Waals surface area contributed by atoms with E-state index in [1.807, 2.05) is 42.5 Å². The summed E-state index contributed by atoms with van der Waals surface area (Å²) >= 11 is 0. The fraction of sp³-hybridized carbons (Fsp3) is 0.250. The molecule has 0 unspecified atom stereocenters. The lowest BCUT2D eigenvalue weighted by molar-refractivity contribution is -0.138. The van der Waals surface area contributed by atoms with Gasteiger partial charge in [0.1, 0.15) is 0 Å². The molecule has 1 heterocycles. The third-order valence-electron chi connectivity index (χ3n) is 5.46. The van der Waals surface area contributed by atoms with Crippen LogP contribution in [0.4, 0.5) is 0 Å². The van der Waals surface area contributed by atoms with Crippen LogP contribution in [0.1, 0.15) is 12.8 Å². The maximum atomic E-state index is 13.0. The summed E-state index contributed by atoms with van der Waals surface area (Å²) in [4.78, 5) is 28.0. The van der Waals surface area contributed by atoms with Crippen LogP contribution in [0.2, 0.25) is 0 Å². The maximum absolute atomic E-state index is 13.0. The molecule has 0 atom stereocenters. The van der Waals surface area contributed by atoms with Gasteiger partial charge in [-0.1, -0.05) is 48.5 Å². The molecule has 1 aliphatic heterocycles. The molecule has 2 aromatic rings. The topological polar surface area (TPSA) is 55.8 Å². The van der Waals surface area contributed by atoms with E-state index in [0.717, 1.165) is 52.5 Å². The minimum atomic E-state index is -0.559. The number of benzene rings is 2. The van der Waals surface area contributed by atoms with Gasteiger partial charge in [0.15, 0.2) is 0 Å². The van der Waals surface area contributed by atoms with Gasteiger partial charge in [-0.05, 0) is 34.6 Å². The van der Waals surface area contributed by atoms with Crippen molar-refractivity contribution in [2.24, 2.45) is 0 Å². The molecule has 1 saturated heterocycles. The molecule has 1 aliphatic carbocycles. The normalized spacial score (nSPS) is 15.7. The van der Waals surface area contributed by atoms with Gasteiger partial charge in [0.25, 0.3) is 0 Å². The predicted molar refractivity (Wildman–Crippen MR) is 110 cm³/mol. The van der Waals surface area contributed by atoms with Gasteiger partial charge >= 0.3 is 11.9 Å². The minimum Gasteiger partial charge on any atom is -0.465 e. The predicted octanol–water partition coefficient (Wildman–Crippen LogP) is 1.61. The lowest BCUT2D eigenvalue weighted by atomic mass is 9.96. The fourth-order valence-corrected chi connectivity index (χ4v) is 4.13. The van der Waals surface area contributed by atoms with Gasteiger partial charge in [0, 0.05) is 18.3 Å². The molecule has 1 fully saturated rings. The van der Waals surface area contributed by atoms with Crippen molar-refractivity contribution >= 4 is 23.7 Å². The van der Waals surface area contributed by atoms with E-state index in [1.165, 1.54) is 14.2 Å². The van der Waals surface area contributed by atoms with Crippen molar-refractivity contribution in [3.05, 3.63) is 80.6 Å². The zero-order chi connectivity index (χ0) is 20.4. The van der Waals surface area contributed by atoms with E-state index >= 15 is 0 Å². The Morgan fingerprint density at radius 2 is 1.38 bits per heavy atom. The molecule has 0 aromatic heterocycles. The Kier molecular flexibility index (Phi) is 5.21.